The van der Waals surface area contributed by atoms with Gasteiger partial charge in [0.1, 0.15) is 13.2 Å². The minimum absolute atomic E-state index is 0.0813. The third-order valence-corrected chi connectivity index (χ3v) is 14.2. The van der Waals surface area contributed by atoms with Gasteiger partial charge in [-0.25, -0.2) is 0 Å². The normalized spacial score (nSPS) is 12.5. The van der Waals surface area contributed by atoms with Crippen LogP contribution >= 0.6 is 0 Å². The van der Waals surface area contributed by atoms with Gasteiger partial charge in [0.05, 0.1) is 0 Å². The molecule has 0 radical (unpaired) electrons. The van der Waals surface area contributed by atoms with Crippen molar-refractivity contribution in [1.82, 2.24) is 0 Å². The van der Waals surface area contributed by atoms with Crippen molar-refractivity contribution in [2.45, 2.75) is 335 Å². The zero-order valence-corrected chi connectivity index (χ0v) is 49.8. The van der Waals surface area contributed by atoms with E-state index in [1.54, 1.807) is 0 Å². The van der Waals surface area contributed by atoms with E-state index in [4.69, 9.17) is 14.2 Å². The van der Waals surface area contributed by atoms with E-state index in [2.05, 4.69) is 93.7 Å². The highest BCUT2D eigenvalue weighted by molar-refractivity contribution is 5.71. The van der Waals surface area contributed by atoms with Gasteiger partial charge in [-0.3, -0.25) is 14.4 Å². The van der Waals surface area contributed by atoms with Crippen LogP contribution in [0.1, 0.15) is 329 Å². The Labute approximate surface area is 465 Å². The molecule has 6 heteroatoms. The molecule has 75 heavy (non-hydrogen) atoms. The van der Waals surface area contributed by atoms with Gasteiger partial charge in [-0.15, -0.1) is 0 Å². The number of ether oxygens (including phenoxy) is 3. The Bertz CT molecular complexity index is 1390. The molecule has 1 atom stereocenters. The zero-order valence-electron chi connectivity index (χ0n) is 49.8. The molecule has 1 unspecified atom stereocenters. The van der Waals surface area contributed by atoms with Crippen molar-refractivity contribution in [3.63, 3.8) is 0 Å². The quantitative estimate of drug-likeness (QED) is 0.0261. The van der Waals surface area contributed by atoms with Crippen LogP contribution in [0.2, 0.25) is 0 Å². The Morgan fingerprint density at radius 3 is 0.827 bits per heavy atom. The summed E-state index contributed by atoms with van der Waals surface area (Å²) in [6, 6.07) is 0. The molecule has 0 saturated carbocycles. The molecule has 0 aromatic carbocycles. The lowest BCUT2D eigenvalue weighted by molar-refractivity contribution is -0.167. The molecule has 0 heterocycles. The first kappa shape index (κ1) is 71.8. The number of allylic oxidation sites excluding steroid dienone is 12. The van der Waals surface area contributed by atoms with Gasteiger partial charge in [0, 0.05) is 19.3 Å². The van der Waals surface area contributed by atoms with Crippen molar-refractivity contribution >= 4 is 17.9 Å². The molecule has 0 aromatic heterocycles. The Balaban J connectivity index is 4.35. The largest absolute Gasteiger partial charge is 0.462 e. The van der Waals surface area contributed by atoms with Crippen molar-refractivity contribution < 1.29 is 28.6 Å². The molecule has 434 valence electrons. The molecule has 0 aromatic rings. The van der Waals surface area contributed by atoms with E-state index >= 15 is 0 Å². The molecule has 0 bridgehead atoms. The second kappa shape index (κ2) is 63.4. The van der Waals surface area contributed by atoms with E-state index in [0.717, 1.165) is 103 Å². The van der Waals surface area contributed by atoms with Crippen LogP contribution in [0.15, 0.2) is 72.9 Å². The summed E-state index contributed by atoms with van der Waals surface area (Å²) >= 11 is 0. The van der Waals surface area contributed by atoms with E-state index in [-0.39, 0.29) is 31.1 Å². The van der Waals surface area contributed by atoms with E-state index in [1.165, 1.54) is 186 Å². The number of hydrogen-bond donors (Lipinski definition) is 0. The first-order chi connectivity index (χ1) is 37.0. The fraction of sp³-hybridized carbons (Fsp3) is 0.783. The average Bonchev–Trinajstić information content (AvgIpc) is 3.41. The van der Waals surface area contributed by atoms with Crippen LogP contribution in [0.25, 0.3) is 0 Å². The SMILES string of the molecule is CC/C=C\C/C=C\C/C=C\CCCCCCCC(=O)OCC(COC(=O)CCCCCCCCCCCCC/C=C\C/C=C\CCCCCCC)OC(=O)CCCCCCCCCCC/C=C\CCCCCCCC. The maximum atomic E-state index is 12.9. The molecule has 0 aliphatic heterocycles. The predicted octanol–water partition coefficient (Wildman–Crippen LogP) is 22.1. The summed E-state index contributed by atoms with van der Waals surface area (Å²) in [6.45, 7) is 6.54. The number of hydrogen-bond acceptors (Lipinski definition) is 6. The van der Waals surface area contributed by atoms with Crippen molar-refractivity contribution in [3.8, 4) is 0 Å². The van der Waals surface area contributed by atoms with Crippen LogP contribution in [0.3, 0.4) is 0 Å². The van der Waals surface area contributed by atoms with Gasteiger partial charge in [0.15, 0.2) is 6.10 Å². The summed E-state index contributed by atoms with van der Waals surface area (Å²) in [6.07, 6.45) is 81.9. The number of rotatable bonds is 59. The van der Waals surface area contributed by atoms with Crippen LogP contribution in [-0.2, 0) is 28.6 Å². The Kier molecular flexibility index (Phi) is 60.7. The smallest absolute Gasteiger partial charge is 0.306 e. The minimum Gasteiger partial charge on any atom is -0.462 e. The lowest BCUT2D eigenvalue weighted by atomic mass is 10.0. The number of carbonyl (C=O) groups is 3. The first-order valence-electron chi connectivity index (χ1n) is 32.4. The van der Waals surface area contributed by atoms with Gasteiger partial charge in [-0.05, 0) is 109 Å². The summed E-state index contributed by atoms with van der Waals surface area (Å²) in [4.78, 5) is 38.3. The second-order valence-electron chi connectivity index (χ2n) is 21.6. The van der Waals surface area contributed by atoms with Crippen LogP contribution in [0.4, 0.5) is 0 Å². The van der Waals surface area contributed by atoms with E-state index in [9.17, 15) is 14.4 Å². The van der Waals surface area contributed by atoms with Crippen molar-refractivity contribution in [3.05, 3.63) is 72.9 Å². The van der Waals surface area contributed by atoms with Gasteiger partial charge in [0.2, 0.25) is 0 Å². The maximum absolute atomic E-state index is 12.9. The first-order valence-corrected chi connectivity index (χ1v) is 32.4. The molecule has 0 aliphatic carbocycles. The van der Waals surface area contributed by atoms with Crippen LogP contribution in [0.5, 0.6) is 0 Å². The Hall–Kier alpha value is -3.15. The summed E-state index contributed by atoms with van der Waals surface area (Å²) < 4.78 is 16.9. The molecule has 6 nitrogen and oxygen atoms in total. The fourth-order valence-electron chi connectivity index (χ4n) is 9.31. The summed E-state index contributed by atoms with van der Waals surface area (Å²) in [7, 11) is 0. The van der Waals surface area contributed by atoms with Gasteiger partial charge in [-0.2, -0.15) is 0 Å². The molecule has 0 saturated heterocycles. The van der Waals surface area contributed by atoms with Gasteiger partial charge in [-0.1, -0.05) is 273 Å². The fourth-order valence-corrected chi connectivity index (χ4v) is 9.31. The topological polar surface area (TPSA) is 78.9 Å². The van der Waals surface area contributed by atoms with E-state index < -0.39 is 6.10 Å². The Morgan fingerprint density at radius 2 is 0.520 bits per heavy atom. The lowest BCUT2D eigenvalue weighted by Crippen LogP contribution is -2.30. The Morgan fingerprint density at radius 1 is 0.280 bits per heavy atom. The molecular formula is C69H122O6. The summed E-state index contributed by atoms with van der Waals surface area (Å²) in [5.74, 6) is -0.888. The van der Waals surface area contributed by atoms with Crippen LogP contribution < -0.4 is 0 Å². The second-order valence-corrected chi connectivity index (χ2v) is 21.6. The molecule has 0 aliphatic rings. The maximum Gasteiger partial charge on any atom is 0.306 e. The van der Waals surface area contributed by atoms with E-state index in [0.29, 0.717) is 19.3 Å². The average molecular weight is 1050 g/mol. The van der Waals surface area contributed by atoms with Gasteiger partial charge < -0.3 is 14.2 Å². The summed E-state index contributed by atoms with van der Waals surface area (Å²) in [5.41, 5.74) is 0. The van der Waals surface area contributed by atoms with Crippen LogP contribution in [0, 0.1) is 0 Å². The molecule has 0 N–H and O–H groups in total. The molecule has 0 amide bonds. The van der Waals surface area contributed by atoms with Crippen molar-refractivity contribution in [2.75, 3.05) is 13.2 Å². The zero-order chi connectivity index (χ0) is 54.3. The number of esters is 3. The molecule has 0 fully saturated rings. The monoisotopic (exact) mass is 1050 g/mol. The molecule has 0 spiro atoms. The van der Waals surface area contributed by atoms with Crippen LogP contribution in [-0.4, -0.2) is 37.2 Å². The van der Waals surface area contributed by atoms with Gasteiger partial charge >= 0.3 is 17.9 Å². The highest BCUT2D eigenvalue weighted by atomic mass is 16.6. The number of unbranched alkanes of at least 4 members (excludes halogenated alkanes) is 36. The van der Waals surface area contributed by atoms with Gasteiger partial charge in [0.25, 0.3) is 0 Å². The molecule has 0 rings (SSSR count). The van der Waals surface area contributed by atoms with Crippen molar-refractivity contribution in [1.29, 1.82) is 0 Å². The number of carbonyl (C=O) groups excluding carboxylic acids is 3. The standard InChI is InChI=1S/C69H122O6/c1-4-7-10-13-16-19-22-25-28-30-32-33-34-35-37-38-41-44-47-50-53-56-59-62-68(71)74-65-66(64-73-67(70)61-58-55-52-49-46-43-40-27-24-21-18-15-12-9-6-3)75-69(72)63-60-57-54-51-48-45-42-39-36-31-29-26-23-20-17-14-11-8-5-2/h9,12,18,21-22,25-27,29-30,32,40,66H,4-8,10-11,13-17,19-20,23-24,28,31,33-39,41-65H2,1-3H3/b12-9-,21-18-,25-22-,29-26-,32-30-,40-27-. The molecular weight excluding hydrogens is 925 g/mol. The third-order valence-electron chi connectivity index (χ3n) is 14.2. The highest BCUT2D eigenvalue weighted by Crippen LogP contribution is 2.16. The van der Waals surface area contributed by atoms with E-state index in [1.807, 2.05) is 0 Å². The third kappa shape index (κ3) is 61.6. The van der Waals surface area contributed by atoms with Crippen molar-refractivity contribution in [2.24, 2.45) is 0 Å². The highest BCUT2D eigenvalue weighted by Gasteiger charge is 2.19. The lowest BCUT2D eigenvalue weighted by Gasteiger charge is -2.18. The summed E-state index contributed by atoms with van der Waals surface area (Å²) in [5, 5.41) is 0. The predicted molar refractivity (Wildman–Crippen MR) is 325 cm³/mol. The minimum atomic E-state index is -0.786.